The molecule has 4 aromatic rings. The monoisotopic (exact) mass is 363 g/mol. The predicted molar refractivity (Wildman–Crippen MR) is 106 cm³/mol. The Bertz CT molecular complexity index is 1090. The van der Waals surface area contributed by atoms with Crippen LogP contribution in [0.4, 0.5) is 5.69 Å². The first-order valence-corrected chi connectivity index (χ1v) is 8.83. The lowest BCUT2D eigenvalue weighted by molar-refractivity contribution is 0.420. The van der Waals surface area contributed by atoms with Crippen LogP contribution in [-0.2, 0) is 0 Å². The molecule has 0 aliphatic carbocycles. The Hall–Kier alpha value is -2.85. The van der Waals surface area contributed by atoms with Gasteiger partial charge in [-0.2, -0.15) is 0 Å². The number of benzene rings is 2. The summed E-state index contributed by atoms with van der Waals surface area (Å²) in [6, 6.07) is 17.6. The zero-order valence-corrected chi connectivity index (χ0v) is 15.3. The zero-order valence-electron chi connectivity index (χ0n) is 14.5. The number of nitrogen functional groups attached to an aromatic ring is 1. The Morgan fingerprint density at radius 2 is 1.77 bits per heavy atom. The molecule has 0 spiro atoms. The highest BCUT2D eigenvalue weighted by atomic mass is 35.5. The Morgan fingerprint density at radius 1 is 1.00 bits per heavy atom. The number of pyridine rings is 1. The smallest absolute Gasteiger partial charge is 0.170 e. The molecule has 0 amide bonds. The van der Waals surface area contributed by atoms with E-state index in [0.29, 0.717) is 16.6 Å². The molecule has 0 aliphatic heterocycles. The van der Waals surface area contributed by atoms with Crippen LogP contribution in [0.2, 0.25) is 5.15 Å². The highest BCUT2D eigenvalue weighted by molar-refractivity contribution is 6.34. The molecule has 0 unspecified atom stereocenters. The van der Waals surface area contributed by atoms with E-state index in [1.807, 2.05) is 54.6 Å². The predicted octanol–water partition coefficient (Wildman–Crippen LogP) is 5.92. The molecule has 5 heteroatoms. The van der Waals surface area contributed by atoms with E-state index < -0.39 is 0 Å². The van der Waals surface area contributed by atoms with Crippen molar-refractivity contribution < 1.29 is 4.52 Å². The summed E-state index contributed by atoms with van der Waals surface area (Å²) < 4.78 is 5.63. The Labute approximate surface area is 156 Å². The van der Waals surface area contributed by atoms with E-state index in [0.717, 1.165) is 33.3 Å². The highest BCUT2D eigenvalue weighted by Crippen LogP contribution is 2.42. The highest BCUT2D eigenvalue weighted by Gasteiger charge is 2.21. The molecule has 0 atom stereocenters. The Balaban J connectivity index is 2.09. The normalized spacial score (nSPS) is 11.4. The first-order valence-electron chi connectivity index (χ1n) is 8.45. The minimum Gasteiger partial charge on any atom is -0.399 e. The van der Waals surface area contributed by atoms with Gasteiger partial charge in [0.15, 0.2) is 5.76 Å². The quantitative estimate of drug-likeness (QED) is 0.362. The van der Waals surface area contributed by atoms with Gasteiger partial charge in [-0.1, -0.05) is 60.9 Å². The molecule has 0 radical (unpaired) electrons. The number of nitrogens with zero attached hydrogens (tertiary/aromatic N) is 2. The van der Waals surface area contributed by atoms with Crippen LogP contribution in [-0.4, -0.2) is 10.1 Å². The van der Waals surface area contributed by atoms with Crippen LogP contribution in [0.15, 0.2) is 59.1 Å². The van der Waals surface area contributed by atoms with E-state index >= 15 is 0 Å². The minimum atomic E-state index is 0.260. The number of rotatable bonds is 3. The largest absolute Gasteiger partial charge is 0.399 e. The summed E-state index contributed by atoms with van der Waals surface area (Å²) in [4.78, 5) is 4.56. The SMILES string of the molecule is CC(C)c1cc(-c2c(Cl)nc3ccc(N)cc3c2-c2ccccc2)on1. The van der Waals surface area contributed by atoms with Crippen molar-refractivity contribution in [3.05, 3.63) is 65.4 Å². The third-order valence-electron chi connectivity index (χ3n) is 4.39. The molecule has 0 saturated carbocycles. The summed E-state index contributed by atoms with van der Waals surface area (Å²) in [6.45, 7) is 4.14. The van der Waals surface area contributed by atoms with E-state index in [4.69, 9.17) is 21.9 Å². The summed E-state index contributed by atoms with van der Waals surface area (Å²) >= 11 is 6.59. The van der Waals surface area contributed by atoms with Crippen LogP contribution in [0.1, 0.15) is 25.5 Å². The van der Waals surface area contributed by atoms with E-state index in [9.17, 15) is 0 Å². The van der Waals surface area contributed by atoms with Gasteiger partial charge in [0.2, 0.25) is 0 Å². The fourth-order valence-electron chi connectivity index (χ4n) is 3.06. The summed E-state index contributed by atoms with van der Waals surface area (Å²) in [5, 5.41) is 5.49. The molecule has 4 nitrogen and oxygen atoms in total. The number of hydrogen-bond acceptors (Lipinski definition) is 4. The van der Waals surface area contributed by atoms with Crippen LogP contribution in [0.3, 0.4) is 0 Å². The first-order chi connectivity index (χ1) is 12.5. The van der Waals surface area contributed by atoms with Crippen LogP contribution >= 0.6 is 11.6 Å². The number of aromatic nitrogens is 2. The molecule has 2 N–H and O–H groups in total. The summed E-state index contributed by atoms with van der Waals surface area (Å²) in [6.07, 6.45) is 0. The van der Waals surface area contributed by atoms with Gasteiger partial charge in [-0.3, -0.25) is 0 Å². The van der Waals surface area contributed by atoms with Gasteiger partial charge < -0.3 is 10.3 Å². The molecular weight excluding hydrogens is 346 g/mol. The number of anilines is 1. The fourth-order valence-corrected chi connectivity index (χ4v) is 3.34. The summed E-state index contributed by atoms with van der Waals surface area (Å²) in [7, 11) is 0. The third-order valence-corrected chi connectivity index (χ3v) is 4.67. The molecule has 2 aromatic carbocycles. The third kappa shape index (κ3) is 2.82. The number of halogens is 1. The molecule has 0 fully saturated rings. The second-order valence-electron chi connectivity index (χ2n) is 6.57. The van der Waals surface area contributed by atoms with Crippen molar-refractivity contribution in [2.75, 3.05) is 5.73 Å². The van der Waals surface area contributed by atoms with Gasteiger partial charge in [-0.15, -0.1) is 0 Å². The van der Waals surface area contributed by atoms with E-state index in [-0.39, 0.29) is 5.92 Å². The molecule has 2 heterocycles. The Kier molecular flexibility index (Phi) is 4.13. The maximum Gasteiger partial charge on any atom is 0.170 e. The van der Waals surface area contributed by atoms with Crippen molar-refractivity contribution in [3.8, 4) is 22.5 Å². The standard InChI is InChI=1S/C21H18ClN3O/c1-12(2)17-11-18(26-25-17)20-19(13-6-4-3-5-7-13)15-10-14(23)8-9-16(15)24-21(20)22/h3-12H,23H2,1-2H3. The Morgan fingerprint density at radius 3 is 2.46 bits per heavy atom. The van der Waals surface area contributed by atoms with Gasteiger partial charge in [0.1, 0.15) is 5.15 Å². The van der Waals surface area contributed by atoms with Gasteiger partial charge in [-0.25, -0.2) is 4.98 Å². The minimum absolute atomic E-state index is 0.260. The van der Waals surface area contributed by atoms with Gasteiger partial charge in [0.05, 0.1) is 16.8 Å². The van der Waals surface area contributed by atoms with Gasteiger partial charge in [-0.05, 0) is 29.7 Å². The number of hydrogen-bond donors (Lipinski definition) is 1. The molecule has 0 bridgehead atoms. The van der Waals surface area contributed by atoms with E-state index in [2.05, 4.69) is 24.0 Å². The molecule has 0 aliphatic rings. The lowest BCUT2D eigenvalue weighted by atomic mass is 9.94. The lowest BCUT2D eigenvalue weighted by Gasteiger charge is -2.13. The molecule has 130 valence electrons. The molecule has 0 saturated heterocycles. The van der Waals surface area contributed by atoms with Crippen molar-refractivity contribution in [2.24, 2.45) is 0 Å². The van der Waals surface area contributed by atoms with Crippen molar-refractivity contribution in [1.82, 2.24) is 10.1 Å². The number of fused-ring (bicyclic) bond motifs is 1. The second kappa shape index (κ2) is 6.46. The van der Waals surface area contributed by atoms with E-state index in [1.165, 1.54) is 0 Å². The summed E-state index contributed by atoms with van der Waals surface area (Å²) in [5.74, 6) is 0.866. The van der Waals surface area contributed by atoms with Gasteiger partial charge in [0.25, 0.3) is 0 Å². The van der Waals surface area contributed by atoms with Crippen LogP contribution in [0.25, 0.3) is 33.4 Å². The average molecular weight is 364 g/mol. The fraction of sp³-hybridized carbons (Fsp3) is 0.143. The molecule has 26 heavy (non-hydrogen) atoms. The van der Waals surface area contributed by atoms with Crippen LogP contribution in [0, 0.1) is 0 Å². The van der Waals surface area contributed by atoms with Gasteiger partial charge in [0, 0.05) is 22.7 Å². The second-order valence-corrected chi connectivity index (χ2v) is 6.92. The van der Waals surface area contributed by atoms with Gasteiger partial charge >= 0.3 is 0 Å². The molecule has 4 rings (SSSR count). The maximum atomic E-state index is 6.59. The van der Waals surface area contributed by atoms with E-state index in [1.54, 1.807) is 0 Å². The van der Waals surface area contributed by atoms with Crippen molar-refractivity contribution in [2.45, 2.75) is 19.8 Å². The van der Waals surface area contributed by atoms with Crippen molar-refractivity contribution >= 4 is 28.2 Å². The van der Waals surface area contributed by atoms with Crippen LogP contribution < -0.4 is 5.73 Å². The van der Waals surface area contributed by atoms with Crippen molar-refractivity contribution in [3.63, 3.8) is 0 Å². The number of nitrogens with two attached hydrogens (primary N) is 1. The maximum absolute atomic E-state index is 6.59. The topological polar surface area (TPSA) is 64.9 Å². The lowest BCUT2D eigenvalue weighted by Crippen LogP contribution is -1.94. The average Bonchev–Trinajstić information content (AvgIpc) is 3.12. The molecular formula is C21H18ClN3O. The zero-order chi connectivity index (χ0) is 18.3. The first kappa shape index (κ1) is 16.6. The summed E-state index contributed by atoms with van der Waals surface area (Å²) in [5.41, 5.74) is 11.1. The molecule has 2 aromatic heterocycles. The van der Waals surface area contributed by atoms with Crippen LogP contribution in [0.5, 0.6) is 0 Å². The van der Waals surface area contributed by atoms with Crippen molar-refractivity contribution in [1.29, 1.82) is 0 Å².